The molecule has 0 aliphatic heterocycles. The van der Waals surface area contributed by atoms with Gasteiger partial charge < -0.3 is 10.6 Å². The lowest BCUT2D eigenvalue weighted by Crippen LogP contribution is -2.30. The first-order valence-corrected chi connectivity index (χ1v) is 8.08. The molecular formula is C15H21N7O4. The number of nitro groups is 1. The highest BCUT2D eigenvalue weighted by Gasteiger charge is 2.27. The predicted octanol–water partition coefficient (Wildman–Crippen LogP) is 1.18. The van der Waals surface area contributed by atoms with Crippen LogP contribution in [-0.4, -0.2) is 42.8 Å². The lowest BCUT2D eigenvalue weighted by molar-refractivity contribution is -0.385. The van der Waals surface area contributed by atoms with Gasteiger partial charge in [-0.15, -0.1) is 0 Å². The summed E-state index contributed by atoms with van der Waals surface area (Å²) in [6.45, 7) is 6.50. The predicted molar refractivity (Wildman–Crippen MR) is 92.9 cm³/mol. The minimum atomic E-state index is -0.783. The summed E-state index contributed by atoms with van der Waals surface area (Å²) in [6, 6.07) is 0. The molecule has 2 heterocycles. The van der Waals surface area contributed by atoms with Crippen molar-refractivity contribution in [3.05, 3.63) is 33.9 Å². The van der Waals surface area contributed by atoms with Gasteiger partial charge in [-0.1, -0.05) is 13.8 Å². The van der Waals surface area contributed by atoms with Gasteiger partial charge in [0.1, 0.15) is 11.9 Å². The number of amides is 2. The van der Waals surface area contributed by atoms with Crippen LogP contribution in [0.5, 0.6) is 0 Å². The number of aromatic nitrogens is 4. The number of nitrogens with zero attached hydrogens (tertiary/aromatic N) is 5. The van der Waals surface area contributed by atoms with E-state index in [0.717, 1.165) is 0 Å². The van der Waals surface area contributed by atoms with Gasteiger partial charge in [0.25, 0.3) is 11.8 Å². The maximum atomic E-state index is 12.5. The van der Waals surface area contributed by atoms with Gasteiger partial charge in [-0.3, -0.25) is 29.1 Å². The summed E-state index contributed by atoms with van der Waals surface area (Å²) >= 11 is 0. The maximum Gasteiger partial charge on any atom is 0.320 e. The van der Waals surface area contributed by atoms with Crippen molar-refractivity contribution >= 4 is 23.2 Å². The lowest BCUT2D eigenvalue weighted by atomic mass is 10.2. The Hall–Kier alpha value is -3.24. The Morgan fingerprint density at radius 1 is 1.35 bits per heavy atom. The molecule has 26 heavy (non-hydrogen) atoms. The minimum Gasteiger partial charge on any atom is -0.350 e. The Balaban J connectivity index is 2.27. The number of rotatable bonds is 7. The van der Waals surface area contributed by atoms with Crippen molar-refractivity contribution in [2.45, 2.75) is 27.3 Å². The van der Waals surface area contributed by atoms with Crippen LogP contribution < -0.4 is 10.6 Å². The third kappa shape index (κ3) is 4.05. The fraction of sp³-hybridized carbons (Fsp3) is 0.467. The van der Waals surface area contributed by atoms with Gasteiger partial charge in [-0.25, -0.2) is 0 Å². The van der Waals surface area contributed by atoms with E-state index in [-0.39, 0.29) is 23.0 Å². The smallest absolute Gasteiger partial charge is 0.320 e. The van der Waals surface area contributed by atoms with Gasteiger partial charge in [0, 0.05) is 20.1 Å². The van der Waals surface area contributed by atoms with Gasteiger partial charge in [0.2, 0.25) is 5.69 Å². The monoisotopic (exact) mass is 363 g/mol. The van der Waals surface area contributed by atoms with Crippen molar-refractivity contribution in [3.63, 3.8) is 0 Å². The van der Waals surface area contributed by atoms with Crippen molar-refractivity contribution < 1.29 is 14.5 Å². The molecule has 0 radical (unpaired) electrons. The average Bonchev–Trinajstić information content (AvgIpc) is 3.16. The number of carbonyl (C=O) groups is 2. The lowest BCUT2D eigenvalue weighted by Gasteiger charge is -2.10. The highest BCUT2D eigenvalue weighted by atomic mass is 16.6. The molecule has 2 aromatic rings. The fourth-order valence-electron chi connectivity index (χ4n) is 2.23. The van der Waals surface area contributed by atoms with E-state index in [2.05, 4.69) is 20.8 Å². The molecule has 2 aromatic heterocycles. The molecule has 0 aliphatic rings. The Morgan fingerprint density at radius 2 is 2.04 bits per heavy atom. The first kappa shape index (κ1) is 19.1. The standard InChI is InChI=1S/C15H21N7O4/c1-5-21-8-11(22(25)26)12(19-21)14(23)18-10-7-17-20(4)13(10)15(24)16-6-9(2)3/h7-9H,5-6H2,1-4H3,(H,16,24)(H,18,23). The number of hydrogen-bond acceptors (Lipinski definition) is 6. The molecule has 0 unspecified atom stereocenters. The van der Waals surface area contributed by atoms with Gasteiger partial charge >= 0.3 is 5.69 Å². The molecule has 11 nitrogen and oxygen atoms in total. The molecule has 0 aromatic carbocycles. The van der Waals surface area contributed by atoms with Crippen LogP contribution in [0.15, 0.2) is 12.4 Å². The maximum absolute atomic E-state index is 12.5. The number of anilines is 1. The van der Waals surface area contributed by atoms with Crippen LogP contribution in [-0.2, 0) is 13.6 Å². The van der Waals surface area contributed by atoms with E-state index in [9.17, 15) is 19.7 Å². The topological polar surface area (TPSA) is 137 Å². The Kier molecular flexibility index (Phi) is 5.70. The summed E-state index contributed by atoms with van der Waals surface area (Å²) in [5.41, 5.74) is -0.427. The van der Waals surface area contributed by atoms with E-state index in [0.29, 0.717) is 13.1 Å². The summed E-state index contributed by atoms with van der Waals surface area (Å²) in [6.07, 6.45) is 2.50. The fourth-order valence-corrected chi connectivity index (χ4v) is 2.23. The van der Waals surface area contributed by atoms with Crippen LogP contribution in [0.2, 0.25) is 0 Å². The zero-order chi connectivity index (χ0) is 19.4. The second kappa shape index (κ2) is 7.76. The molecule has 2 N–H and O–H groups in total. The Morgan fingerprint density at radius 3 is 2.62 bits per heavy atom. The highest BCUT2D eigenvalue weighted by Crippen LogP contribution is 2.20. The van der Waals surface area contributed by atoms with Crippen LogP contribution in [0, 0.1) is 16.0 Å². The van der Waals surface area contributed by atoms with E-state index in [1.807, 2.05) is 13.8 Å². The molecule has 2 rings (SSSR count). The quantitative estimate of drug-likeness (QED) is 0.560. The molecule has 0 spiro atoms. The Bertz CT molecular complexity index is 837. The zero-order valence-electron chi connectivity index (χ0n) is 15.0. The SMILES string of the molecule is CCn1cc([N+](=O)[O-])c(C(=O)Nc2cnn(C)c2C(=O)NCC(C)C)n1. The van der Waals surface area contributed by atoms with E-state index in [1.165, 1.54) is 21.8 Å². The minimum absolute atomic E-state index is 0.150. The van der Waals surface area contributed by atoms with E-state index >= 15 is 0 Å². The second-order valence-corrected chi connectivity index (χ2v) is 6.06. The third-order valence-electron chi connectivity index (χ3n) is 3.55. The summed E-state index contributed by atoms with van der Waals surface area (Å²) < 4.78 is 2.62. The molecule has 0 saturated carbocycles. The molecule has 2 amide bonds. The number of hydrogen-bond donors (Lipinski definition) is 2. The summed E-state index contributed by atoms with van der Waals surface area (Å²) in [7, 11) is 1.56. The molecule has 140 valence electrons. The number of aryl methyl sites for hydroxylation is 2. The van der Waals surface area contributed by atoms with Gasteiger partial charge in [-0.2, -0.15) is 10.2 Å². The van der Waals surface area contributed by atoms with Gasteiger partial charge in [0.05, 0.1) is 16.8 Å². The van der Waals surface area contributed by atoms with Gasteiger partial charge in [-0.05, 0) is 12.8 Å². The van der Waals surface area contributed by atoms with Crippen LogP contribution in [0.25, 0.3) is 0 Å². The zero-order valence-corrected chi connectivity index (χ0v) is 15.0. The summed E-state index contributed by atoms with van der Waals surface area (Å²) in [5, 5.41) is 24.2. The summed E-state index contributed by atoms with van der Waals surface area (Å²) in [4.78, 5) is 35.3. The van der Waals surface area contributed by atoms with Crippen LogP contribution in [0.3, 0.4) is 0 Å². The van der Waals surface area contributed by atoms with Gasteiger partial charge in [0.15, 0.2) is 0 Å². The first-order valence-electron chi connectivity index (χ1n) is 8.08. The molecule has 0 saturated heterocycles. The highest BCUT2D eigenvalue weighted by molar-refractivity contribution is 6.09. The van der Waals surface area contributed by atoms with E-state index < -0.39 is 22.4 Å². The molecule has 0 aliphatic carbocycles. The molecular weight excluding hydrogens is 342 g/mol. The number of nitrogens with one attached hydrogen (secondary N) is 2. The normalized spacial score (nSPS) is 10.8. The number of carbonyl (C=O) groups excluding carboxylic acids is 2. The molecule has 0 atom stereocenters. The third-order valence-corrected chi connectivity index (χ3v) is 3.55. The Labute approximate surface area is 149 Å². The summed E-state index contributed by atoms with van der Waals surface area (Å²) in [5.74, 6) is -0.928. The van der Waals surface area contributed by atoms with E-state index in [4.69, 9.17) is 0 Å². The van der Waals surface area contributed by atoms with Crippen molar-refractivity contribution in [1.82, 2.24) is 24.9 Å². The molecule has 0 fully saturated rings. The van der Waals surface area contributed by atoms with Crippen molar-refractivity contribution in [3.8, 4) is 0 Å². The average molecular weight is 363 g/mol. The van der Waals surface area contributed by atoms with E-state index in [1.54, 1.807) is 14.0 Å². The largest absolute Gasteiger partial charge is 0.350 e. The van der Waals surface area contributed by atoms with Crippen LogP contribution in [0.1, 0.15) is 41.7 Å². The second-order valence-electron chi connectivity index (χ2n) is 6.06. The van der Waals surface area contributed by atoms with Crippen molar-refractivity contribution in [1.29, 1.82) is 0 Å². The first-order chi connectivity index (χ1) is 12.2. The van der Waals surface area contributed by atoms with Crippen molar-refractivity contribution in [2.24, 2.45) is 13.0 Å². The van der Waals surface area contributed by atoms with Crippen LogP contribution >= 0.6 is 0 Å². The molecule has 0 bridgehead atoms. The van der Waals surface area contributed by atoms with Crippen molar-refractivity contribution in [2.75, 3.05) is 11.9 Å². The molecule has 11 heteroatoms. The van der Waals surface area contributed by atoms with Crippen LogP contribution in [0.4, 0.5) is 11.4 Å².